The van der Waals surface area contributed by atoms with Crippen LogP contribution in [0.2, 0.25) is 0 Å². The molecule has 1 heterocycles. The van der Waals surface area contributed by atoms with Crippen LogP contribution in [0.25, 0.3) is 11.0 Å². The van der Waals surface area contributed by atoms with E-state index in [0.717, 1.165) is 29.4 Å². The van der Waals surface area contributed by atoms with Gasteiger partial charge in [0.15, 0.2) is 0 Å². The van der Waals surface area contributed by atoms with Crippen LogP contribution in [-0.4, -0.2) is 21.9 Å². The van der Waals surface area contributed by atoms with Crippen molar-refractivity contribution >= 4 is 16.9 Å². The van der Waals surface area contributed by atoms with Gasteiger partial charge in [-0.05, 0) is 30.5 Å². The summed E-state index contributed by atoms with van der Waals surface area (Å²) in [5.74, 6) is 0.0686. The fourth-order valence-corrected chi connectivity index (χ4v) is 3.08. The monoisotopic (exact) mass is 287 g/mol. The first-order valence-electron chi connectivity index (χ1n) is 7.71. The Hall–Kier alpha value is -2.04. The van der Waals surface area contributed by atoms with E-state index in [1.807, 2.05) is 18.2 Å². The molecule has 3 N–H and O–H groups in total. The van der Waals surface area contributed by atoms with Crippen molar-refractivity contribution in [2.45, 2.75) is 51.0 Å². The van der Waals surface area contributed by atoms with E-state index in [0.29, 0.717) is 12.5 Å². The lowest BCUT2D eigenvalue weighted by Gasteiger charge is -2.16. The van der Waals surface area contributed by atoms with E-state index in [1.54, 1.807) is 0 Å². The fourth-order valence-electron chi connectivity index (χ4n) is 3.08. The molecule has 0 spiro atoms. The van der Waals surface area contributed by atoms with Crippen molar-refractivity contribution in [1.82, 2.24) is 15.3 Å². The molecule has 1 aliphatic rings. The standard InChI is InChI=1S/C16H21N3O2/c20-15(17-12-5-3-1-2-4-6-12)10-11-7-8-13-14(9-11)19-16(21)18-13/h7-9,12H,1-6,10H2,(H,17,20)(H2,18,19,21). The van der Waals surface area contributed by atoms with Gasteiger partial charge in [0.25, 0.3) is 0 Å². The Morgan fingerprint density at radius 3 is 2.57 bits per heavy atom. The second kappa shape index (κ2) is 6.16. The topological polar surface area (TPSA) is 77.8 Å². The molecule has 112 valence electrons. The quantitative estimate of drug-likeness (QED) is 0.757. The molecule has 5 heteroatoms. The van der Waals surface area contributed by atoms with Gasteiger partial charge in [0.1, 0.15) is 0 Å². The first-order valence-corrected chi connectivity index (χ1v) is 7.71. The van der Waals surface area contributed by atoms with Crippen LogP contribution < -0.4 is 11.0 Å². The molecule has 0 aliphatic heterocycles. The van der Waals surface area contributed by atoms with Gasteiger partial charge in [-0.1, -0.05) is 31.7 Å². The molecule has 1 aliphatic carbocycles. The minimum Gasteiger partial charge on any atom is -0.353 e. The molecular weight excluding hydrogens is 266 g/mol. The van der Waals surface area contributed by atoms with Gasteiger partial charge < -0.3 is 15.3 Å². The maximum absolute atomic E-state index is 12.1. The number of carbonyl (C=O) groups excluding carboxylic acids is 1. The molecule has 2 aromatic rings. The van der Waals surface area contributed by atoms with Crippen LogP contribution in [0.1, 0.15) is 44.1 Å². The third-order valence-corrected chi connectivity index (χ3v) is 4.17. The molecular formula is C16H21N3O2. The number of aromatic amines is 2. The molecule has 21 heavy (non-hydrogen) atoms. The summed E-state index contributed by atoms with van der Waals surface area (Å²) in [6.07, 6.45) is 7.53. The second-order valence-corrected chi connectivity index (χ2v) is 5.89. The maximum Gasteiger partial charge on any atom is 0.323 e. The Kier molecular flexibility index (Phi) is 4.08. The zero-order valence-corrected chi connectivity index (χ0v) is 12.1. The lowest BCUT2D eigenvalue weighted by atomic mass is 10.1. The average molecular weight is 287 g/mol. The van der Waals surface area contributed by atoms with Crippen molar-refractivity contribution in [3.8, 4) is 0 Å². The van der Waals surface area contributed by atoms with Crippen molar-refractivity contribution in [2.75, 3.05) is 0 Å². The van der Waals surface area contributed by atoms with Gasteiger partial charge in [0.05, 0.1) is 17.5 Å². The van der Waals surface area contributed by atoms with E-state index in [1.165, 1.54) is 25.7 Å². The van der Waals surface area contributed by atoms with Gasteiger partial charge in [-0.25, -0.2) is 4.79 Å². The van der Waals surface area contributed by atoms with Gasteiger partial charge in [0.2, 0.25) is 5.91 Å². The average Bonchev–Trinajstić information content (AvgIpc) is 2.64. The summed E-state index contributed by atoms with van der Waals surface area (Å²) in [6, 6.07) is 5.91. The number of hydrogen-bond donors (Lipinski definition) is 3. The third-order valence-electron chi connectivity index (χ3n) is 4.17. The van der Waals surface area contributed by atoms with E-state index in [2.05, 4.69) is 15.3 Å². The van der Waals surface area contributed by atoms with Gasteiger partial charge in [0, 0.05) is 6.04 Å². The van der Waals surface area contributed by atoms with E-state index in [-0.39, 0.29) is 11.6 Å². The predicted octanol–water partition coefficient (Wildman–Crippen LogP) is 2.24. The summed E-state index contributed by atoms with van der Waals surface area (Å²) < 4.78 is 0. The molecule has 0 saturated heterocycles. The molecule has 1 fully saturated rings. The smallest absolute Gasteiger partial charge is 0.323 e. The molecule has 1 aromatic heterocycles. The van der Waals surface area contributed by atoms with Crippen LogP contribution in [-0.2, 0) is 11.2 Å². The Bertz CT molecular complexity index is 678. The maximum atomic E-state index is 12.1. The lowest BCUT2D eigenvalue weighted by Crippen LogP contribution is -2.35. The minimum atomic E-state index is -0.218. The molecule has 0 atom stereocenters. The highest BCUT2D eigenvalue weighted by atomic mass is 16.1. The molecule has 1 aromatic carbocycles. The normalized spacial score (nSPS) is 16.8. The van der Waals surface area contributed by atoms with Crippen LogP contribution in [0.4, 0.5) is 0 Å². The number of imidazole rings is 1. The van der Waals surface area contributed by atoms with Gasteiger partial charge in [-0.3, -0.25) is 4.79 Å². The number of rotatable bonds is 3. The number of carbonyl (C=O) groups is 1. The van der Waals surface area contributed by atoms with Crippen molar-refractivity contribution in [1.29, 1.82) is 0 Å². The molecule has 1 saturated carbocycles. The molecule has 3 rings (SSSR count). The number of benzene rings is 1. The SMILES string of the molecule is O=C(Cc1ccc2[nH]c(=O)[nH]c2c1)NC1CCCCCC1. The Morgan fingerprint density at radius 1 is 1.10 bits per heavy atom. The van der Waals surface area contributed by atoms with E-state index >= 15 is 0 Å². The van der Waals surface area contributed by atoms with Gasteiger partial charge in [-0.15, -0.1) is 0 Å². The zero-order chi connectivity index (χ0) is 14.7. The van der Waals surface area contributed by atoms with Crippen LogP contribution in [0.3, 0.4) is 0 Å². The van der Waals surface area contributed by atoms with Crippen molar-refractivity contribution in [3.63, 3.8) is 0 Å². The summed E-state index contributed by atoms with van der Waals surface area (Å²) in [7, 11) is 0. The summed E-state index contributed by atoms with van der Waals surface area (Å²) in [5.41, 5.74) is 2.22. The highest BCUT2D eigenvalue weighted by molar-refractivity contribution is 5.81. The molecule has 0 bridgehead atoms. The van der Waals surface area contributed by atoms with Gasteiger partial charge >= 0.3 is 5.69 Å². The summed E-state index contributed by atoms with van der Waals surface area (Å²) in [4.78, 5) is 28.8. The summed E-state index contributed by atoms with van der Waals surface area (Å²) in [6.45, 7) is 0. The largest absolute Gasteiger partial charge is 0.353 e. The number of hydrogen-bond acceptors (Lipinski definition) is 2. The van der Waals surface area contributed by atoms with Crippen LogP contribution in [0, 0.1) is 0 Å². The highest BCUT2D eigenvalue weighted by Crippen LogP contribution is 2.17. The van der Waals surface area contributed by atoms with Crippen LogP contribution >= 0.6 is 0 Å². The first kappa shape index (κ1) is 13.9. The summed E-state index contributed by atoms with van der Waals surface area (Å²) in [5, 5.41) is 3.14. The molecule has 0 radical (unpaired) electrons. The Balaban J connectivity index is 1.63. The van der Waals surface area contributed by atoms with Crippen molar-refractivity contribution in [2.24, 2.45) is 0 Å². The number of nitrogens with one attached hydrogen (secondary N) is 3. The Labute approximate surface area is 123 Å². The predicted molar refractivity (Wildman–Crippen MR) is 82.3 cm³/mol. The molecule has 0 unspecified atom stereocenters. The van der Waals surface area contributed by atoms with E-state index in [9.17, 15) is 9.59 Å². The lowest BCUT2D eigenvalue weighted by molar-refractivity contribution is -0.121. The fraction of sp³-hybridized carbons (Fsp3) is 0.500. The third kappa shape index (κ3) is 3.54. The number of fused-ring (bicyclic) bond motifs is 1. The second-order valence-electron chi connectivity index (χ2n) is 5.89. The van der Waals surface area contributed by atoms with Gasteiger partial charge in [-0.2, -0.15) is 0 Å². The first-order chi connectivity index (χ1) is 10.2. The number of amides is 1. The zero-order valence-electron chi connectivity index (χ0n) is 12.1. The highest BCUT2D eigenvalue weighted by Gasteiger charge is 2.15. The summed E-state index contributed by atoms with van der Waals surface area (Å²) >= 11 is 0. The van der Waals surface area contributed by atoms with E-state index < -0.39 is 0 Å². The van der Waals surface area contributed by atoms with Crippen molar-refractivity contribution in [3.05, 3.63) is 34.2 Å². The van der Waals surface area contributed by atoms with Crippen LogP contribution in [0.5, 0.6) is 0 Å². The van der Waals surface area contributed by atoms with E-state index in [4.69, 9.17) is 0 Å². The van der Waals surface area contributed by atoms with Crippen molar-refractivity contribution < 1.29 is 4.79 Å². The number of H-pyrrole nitrogens is 2. The Morgan fingerprint density at radius 2 is 1.81 bits per heavy atom. The molecule has 1 amide bonds. The molecule has 5 nitrogen and oxygen atoms in total. The minimum absolute atomic E-state index is 0.0686. The van der Waals surface area contributed by atoms with Crippen LogP contribution in [0.15, 0.2) is 23.0 Å². The number of aromatic nitrogens is 2.